The Balaban J connectivity index is 3.16. The molecule has 1 aromatic rings. The first-order valence-electron chi connectivity index (χ1n) is 5.98. The van der Waals surface area contributed by atoms with Gasteiger partial charge in [0.05, 0.1) is 0 Å². The molecule has 112 valence electrons. The van der Waals surface area contributed by atoms with Crippen molar-refractivity contribution in [2.75, 3.05) is 4.90 Å². The second-order valence-electron chi connectivity index (χ2n) is 4.07. The molecule has 0 radical (unpaired) electrons. The first-order chi connectivity index (χ1) is 9.27. The first-order valence-corrected chi connectivity index (χ1v) is 6.42. The average Bonchev–Trinajstić information content (AvgIpc) is 2.37. The van der Waals surface area contributed by atoms with Gasteiger partial charge in [0.15, 0.2) is 0 Å². The maximum Gasteiger partial charge on any atom is 0.434 e. The van der Waals surface area contributed by atoms with Crippen molar-refractivity contribution in [2.45, 2.75) is 38.2 Å². The van der Waals surface area contributed by atoms with E-state index < -0.39 is 23.9 Å². The quantitative estimate of drug-likeness (QED) is 0.609. The zero-order chi connectivity index (χ0) is 15.3. The second-order valence-corrected chi connectivity index (χ2v) is 4.56. The molecule has 7 heteroatoms. The van der Waals surface area contributed by atoms with E-state index in [1.165, 1.54) is 24.3 Å². The van der Waals surface area contributed by atoms with Crippen molar-refractivity contribution in [1.82, 2.24) is 0 Å². The van der Waals surface area contributed by atoms with Crippen molar-refractivity contribution in [3.05, 3.63) is 30.3 Å². The Labute approximate surface area is 120 Å². The van der Waals surface area contributed by atoms with Crippen molar-refractivity contribution in [3.63, 3.8) is 0 Å². The van der Waals surface area contributed by atoms with Crippen LogP contribution in [0.5, 0.6) is 0 Å². The van der Waals surface area contributed by atoms with E-state index in [0.717, 1.165) is 6.92 Å². The number of nitrogens with zero attached hydrogens (tertiary/aromatic N) is 1. The van der Waals surface area contributed by atoms with Gasteiger partial charge in [-0.15, -0.1) is 0 Å². The number of ether oxygens (including phenoxy) is 1. The number of benzene rings is 1. The number of hydrogen-bond acceptors (Lipinski definition) is 2. The lowest BCUT2D eigenvalue weighted by Gasteiger charge is -2.33. The minimum Gasteiger partial charge on any atom is -0.330 e. The Morgan fingerprint density at radius 1 is 1.35 bits per heavy atom. The monoisotopic (exact) mass is 309 g/mol. The predicted molar refractivity (Wildman–Crippen MR) is 70.5 cm³/mol. The number of amides is 1. The number of hydrogen-bond donors (Lipinski definition) is 0. The lowest BCUT2D eigenvalue weighted by molar-refractivity contribution is -0.224. The maximum atomic E-state index is 13.1. The van der Waals surface area contributed by atoms with Crippen molar-refractivity contribution >= 4 is 23.2 Å². The Kier molecular flexibility index (Phi) is 5.83. The summed E-state index contributed by atoms with van der Waals surface area (Å²) in [6, 6.07) is 7.52. The number of carbonyl (C=O) groups excluding carboxylic acids is 1. The van der Waals surface area contributed by atoms with E-state index in [1.807, 2.05) is 0 Å². The third-order valence-electron chi connectivity index (χ3n) is 2.49. The molecule has 0 heterocycles. The smallest absolute Gasteiger partial charge is 0.330 e. The molecule has 0 bridgehead atoms. The molecule has 0 spiro atoms. The van der Waals surface area contributed by atoms with Gasteiger partial charge in [-0.1, -0.05) is 36.7 Å². The number of alkyl halides is 4. The fourth-order valence-electron chi connectivity index (χ4n) is 1.59. The molecule has 1 amide bonds. The third kappa shape index (κ3) is 4.38. The van der Waals surface area contributed by atoms with E-state index >= 15 is 0 Å². The van der Waals surface area contributed by atoms with Gasteiger partial charge < -0.3 is 4.74 Å². The molecule has 0 saturated carbocycles. The van der Waals surface area contributed by atoms with Crippen LogP contribution >= 0.6 is 11.6 Å². The molecule has 3 nitrogen and oxygen atoms in total. The molecule has 0 N–H and O–H groups in total. The Bertz CT molecular complexity index is 439. The highest BCUT2D eigenvalue weighted by molar-refractivity contribution is 6.19. The predicted octanol–water partition coefficient (Wildman–Crippen LogP) is 3.92. The summed E-state index contributed by atoms with van der Waals surface area (Å²) >= 11 is 5.64. The fraction of sp³-hybridized carbons (Fsp3) is 0.462. The second kappa shape index (κ2) is 6.95. The molecule has 2 atom stereocenters. The SMILES string of the molecule is CCC(Cl)OC(N(C(C)=O)c1ccccc1)C(F)(F)F. The van der Waals surface area contributed by atoms with Gasteiger partial charge in [-0.05, 0) is 18.6 Å². The van der Waals surface area contributed by atoms with Crippen molar-refractivity contribution in [1.29, 1.82) is 0 Å². The number of rotatable bonds is 5. The van der Waals surface area contributed by atoms with Crippen LogP contribution in [0.3, 0.4) is 0 Å². The molecule has 20 heavy (non-hydrogen) atoms. The highest BCUT2D eigenvalue weighted by Gasteiger charge is 2.47. The highest BCUT2D eigenvalue weighted by atomic mass is 35.5. The lowest BCUT2D eigenvalue weighted by atomic mass is 10.2. The molecule has 1 rings (SSSR count). The molecular formula is C13H15ClF3NO2. The van der Waals surface area contributed by atoms with Crippen LogP contribution < -0.4 is 4.90 Å². The molecule has 0 saturated heterocycles. The van der Waals surface area contributed by atoms with Gasteiger partial charge in [-0.25, -0.2) is 0 Å². The summed E-state index contributed by atoms with van der Waals surface area (Å²) in [5, 5.41) is 0. The van der Waals surface area contributed by atoms with Gasteiger partial charge in [0.2, 0.25) is 12.1 Å². The summed E-state index contributed by atoms with van der Waals surface area (Å²) in [6.45, 7) is 2.63. The molecule has 0 aliphatic heterocycles. The van der Waals surface area contributed by atoms with E-state index in [-0.39, 0.29) is 12.1 Å². The summed E-state index contributed by atoms with van der Waals surface area (Å²) in [5.41, 5.74) is -1.03. The molecule has 2 unspecified atom stereocenters. The van der Waals surface area contributed by atoms with Crippen LogP contribution in [-0.2, 0) is 9.53 Å². The van der Waals surface area contributed by atoms with Crippen molar-refractivity contribution < 1.29 is 22.7 Å². The standard InChI is InChI=1S/C13H15ClF3NO2/c1-3-11(14)20-12(13(15,16)17)18(9(2)19)10-7-5-4-6-8-10/h4-8,11-12H,3H2,1-2H3. The number of para-hydroxylation sites is 1. The van der Waals surface area contributed by atoms with Gasteiger partial charge in [-0.2, -0.15) is 13.2 Å². The van der Waals surface area contributed by atoms with E-state index in [0.29, 0.717) is 4.90 Å². The average molecular weight is 310 g/mol. The van der Waals surface area contributed by atoms with Gasteiger partial charge in [-0.3, -0.25) is 9.69 Å². The van der Waals surface area contributed by atoms with Crippen LogP contribution in [-0.4, -0.2) is 23.9 Å². The van der Waals surface area contributed by atoms with Crippen LogP contribution in [0, 0.1) is 0 Å². The Morgan fingerprint density at radius 2 is 1.90 bits per heavy atom. The summed E-state index contributed by atoms with van der Waals surface area (Å²) < 4.78 is 44.2. The van der Waals surface area contributed by atoms with Gasteiger partial charge in [0.25, 0.3) is 0 Å². The largest absolute Gasteiger partial charge is 0.434 e. The van der Waals surface area contributed by atoms with Crippen molar-refractivity contribution in [3.8, 4) is 0 Å². The topological polar surface area (TPSA) is 29.5 Å². The van der Waals surface area contributed by atoms with Crippen LogP contribution in [0.1, 0.15) is 20.3 Å². The van der Waals surface area contributed by atoms with E-state index in [4.69, 9.17) is 16.3 Å². The van der Waals surface area contributed by atoms with Gasteiger partial charge in [0.1, 0.15) is 5.56 Å². The fourth-order valence-corrected chi connectivity index (χ4v) is 1.69. The van der Waals surface area contributed by atoms with Crippen molar-refractivity contribution in [2.24, 2.45) is 0 Å². The maximum absolute atomic E-state index is 13.1. The molecule has 0 aliphatic carbocycles. The molecule has 1 aromatic carbocycles. The number of halogens is 4. The van der Waals surface area contributed by atoms with E-state index in [9.17, 15) is 18.0 Å². The zero-order valence-electron chi connectivity index (χ0n) is 11.0. The minimum atomic E-state index is -4.75. The minimum absolute atomic E-state index is 0.0993. The van der Waals surface area contributed by atoms with E-state index in [2.05, 4.69) is 0 Å². The highest BCUT2D eigenvalue weighted by Crippen LogP contribution is 2.31. The molecule has 0 fully saturated rings. The number of carbonyl (C=O) groups is 1. The summed E-state index contributed by atoms with van der Waals surface area (Å²) in [5.74, 6) is -0.779. The van der Waals surface area contributed by atoms with Crippen LogP contribution in [0.15, 0.2) is 30.3 Å². The summed E-state index contributed by atoms with van der Waals surface area (Å²) in [6.07, 6.45) is -6.97. The van der Waals surface area contributed by atoms with Crippen LogP contribution in [0.25, 0.3) is 0 Å². The lowest BCUT2D eigenvalue weighted by Crippen LogP contribution is -2.51. The van der Waals surface area contributed by atoms with E-state index in [1.54, 1.807) is 13.0 Å². The van der Waals surface area contributed by atoms with Gasteiger partial charge in [0, 0.05) is 12.6 Å². The van der Waals surface area contributed by atoms with Crippen LogP contribution in [0.4, 0.5) is 18.9 Å². The van der Waals surface area contributed by atoms with Crippen LogP contribution in [0.2, 0.25) is 0 Å². The van der Waals surface area contributed by atoms with Gasteiger partial charge >= 0.3 is 6.18 Å². The molecular weight excluding hydrogens is 295 g/mol. The summed E-state index contributed by atoms with van der Waals surface area (Å²) in [7, 11) is 0. The molecule has 0 aromatic heterocycles. The Hall–Kier alpha value is -1.27. The Morgan fingerprint density at radius 3 is 2.30 bits per heavy atom. The number of anilines is 1. The molecule has 0 aliphatic rings. The third-order valence-corrected chi connectivity index (χ3v) is 2.90. The first kappa shape index (κ1) is 16.8. The summed E-state index contributed by atoms with van der Waals surface area (Å²) in [4.78, 5) is 12.2. The zero-order valence-corrected chi connectivity index (χ0v) is 11.8. The normalized spacial score (nSPS) is 14.7.